The maximum absolute atomic E-state index is 12.3. The molecule has 0 bridgehead atoms. The molecular weight excluding hydrogens is 304 g/mol. The highest BCUT2D eigenvalue weighted by Gasteiger charge is 2.20. The fourth-order valence-electron chi connectivity index (χ4n) is 2.36. The minimum atomic E-state index is -0.373. The zero-order chi connectivity index (χ0) is 16.9. The van der Waals surface area contributed by atoms with Crippen molar-refractivity contribution < 1.29 is 4.79 Å². The highest BCUT2D eigenvalue weighted by Crippen LogP contribution is 2.21. The molecule has 0 radical (unpaired) electrons. The van der Waals surface area contributed by atoms with Crippen LogP contribution in [0.1, 0.15) is 23.0 Å². The molecule has 0 saturated carbocycles. The van der Waals surface area contributed by atoms with E-state index in [1.165, 1.54) is 12.4 Å². The molecule has 0 spiro atoms. The fourth-order valence-corrected chi connectivity index (χ4v) is 2.36. The number of urea groups is 1. The third kappa shape index (κ3) is 3.57. The van der Waals surface area contributed by atoms with Crippen LogP contribution in [-0.4, -0.2) is 25.6 Å². The first kappa shape index (κ1) is 15.7. The van der Waals surface area contributed by atoms with E-state index in [0.717, 1.165) is 17.0 Å². The van der Waals surface area contributed by atoms with Gasteiger partial charge < -0.3 is 9.88 Å². The molecule has 3 rings (SSSR count). The molecule has 3 aromatic rings. The van der Waals surface area contributed by atoms with E-state index >= 15 is 0 Å². The molecule has 2 amide bonds. The van der Waals surface area contributed by atoms with Gasteiger partial charge in [0, 0.05) is 31.8 Å². The SMILES string of the molecule is Cc1ccc(C(NC(=O)Nc2cnccn2)c2nccn2C)cc1. The number of aromatic nitrogens is 4. The Kier molecular flexibility index (Phi) is 4.51. The van der Waals surface area contributed by atoms with E-state index < -0.39 is 0 Å². The molecule has 122 valence electrons. The zero-order valence-electron chi connectivity index (χ0n) is 13.5. The summed E-state index contributed by atoms with van der Waals surface area (Å²) >= 11 is 0. The summed E-state index contributed by atoms with van der Waals surface area (Å²) in [6.07, 6.45) is 8.11. The maximum Gasteiger partial charge on any atom is 0.321 e. The van der Waals surface area contributed by atoms with Crippen molar-refractivity contribution in [3.05, 3.63) is 72.2 Å². The quantitative estimate of drug-likeness (QED) is 0.772. The summed E-state index contributed by atoms with van der Waals surface area (Å²) in [4.78, 5) is 24.7. The number of benzene rings is 1. The third-order valence-electron chi connectivity index (χ3n) is 3.61. The molecule has 2 N–H and O–H groups in total. The van der Waals surface area contributed by atoms with Crippen molar-refractivity contribution in [3.8, 4) is 0 Å². The number of hydrogen-bond acceptors (Lipinski definition) is 4. The van der Waals surface area contributed by atoms with Gasteiger partial charge in [-0.15, -0.1) is 0 Å². The number of rotatable bonds is 4. The molecule has 7 heteroatoms. The van der Waals surface area contributed by atoms with Crippen LogP contribution in [0, 0.1) is 6.92 Å². The molecule has 0 aliphatic rings. The first-order valence-electron chi connectivity index (χ1n) is 7.51. The predicted molar refractivity (Wildman–Crippen MR) is 90.4 cm³/mol. The summed E-state index contributed by atoms with van der Waals surface area (Å²) < 4.78 is 1.88. The smallest absolute Gasteiger partial charge is 0.321 e. The maximum atomic E-state index is 12.3. The van der Waals surface area contributed by atoms with Gasteiger partial charge in [-0.05, 0) is 12.5 Å². The summed E-state index contributed by atoms with van der Waals surface area (Å²) in [5, 5.41) is 5.62. The van der Waals surface area contributed by atoms with E-state index in [-0.39, 0.29) is 12.1 Å². The van der Waals surface area contributed by atoms with Gasteiger partial charge in [0.2, 0.25) is 0 Å². The van der Waals surface area contributed by atoms with Gasteiger partial charge in [-0.1, -0.05) is 29.8 Å². The van der Waals surface area contributed by atoms with Crippen molar-refractivity contribution >= 4 is 11.8 Å². The van der Waals surface area contributed by atoms with Gasteiger partial charge in [0.15, 0.2) is 5.82 Å². The Bertz CT molecular complexity index is 813. The van der Waals surface area contributed by atoms with Crippen LogP contribution in [0.2, 0.25) is 0 Å². The van der Waals surface area contributed by atoms with Gasteiger partial charge >= 0.3 is 6.03 Å². The van der Waals surface area contributed by atoms with Crippen LogP contribution in [-0.2, 0) is 7.05 Å². The Morgan fingerprint density at radius 2 is 1.92 bits per heavy atom. The number of imidazole rings is 1. The number of nitrogens with one attached hydrogen (secondary N) is 2. The minimum Gasteiger partial charge on any atom is -0.336 e. The van der Waals surface area contributed by atoms with Gasteiger partial charge in [-0.25, -0.2) is 14.8 Å². The van der Waals surface area contributed by atoms with Gasteiger partial charge in [-0.2, -0.15) is 0 Å². The second kappa shape index (κ2) is 6.91. The second-order valence-corrected chi connectivity index (χ2v) is 5.43. The molecule has 1 aromatic carbocycles. The highest BCUT2D eigenvalue weighted by atomic mass is 16.2. The van der Waals surface area contributed by atoms with E-state index in [4.69, 9.17) is 0 Å². The van der Waals surface area contributed by atoms with Gasteiger partial charge in [-0.3, -0.25) is 10.3 Å². The number of aryl methyl sites for hydroxylation is 2. The standard InChI is InChI=1S/C17H18N6O/c1-12-3-5-13(6-4-12)15(16-20-9-10-23(16)2)22-17(24)21-14-11-18-7-8-19-14/h3-11,15H,1-2H3,(H2,19,21,22,24). The van der Waals surface area contributed by atoms with E-state index in [1.807, 2.05) is 49.0 Å². The van der Waals surface area contributed by atoms with Crippen LogP contribution in [0.5, 0.6) is 0 Å². The van der Waals surface area contributed by atoms with Crippen molar-refractivity contribution in [2.45, 2.75) is 13.0 Å². The summed E-state index contributed by atoms with van der Waals surface area (Å²) in [5.41, 5.74) is 2.10. The van der Waals surface area contributed by atoms with Crippen LogP contribution in [0.3, 0.4) is 0 Å². The Hall–Kier alpha value is -3.22. The number of amides is 2. The minimum absolute atomic E-state index is 0.371. The lowest BCUT2D eigenvalue weighted by molar-refractivity contribution is 0.249. The predicted octanol–water partition coefficient (Wildman–Crippen LogP) is 2.43. The summed E-state index contributed by atoms with van der Waals surface area (Å²) in [7, 11) is 1.89. The molecule has 24 heavy (non-hydrogen) atoms. The average Bonchev–Trinajstić information content (AvgIpc) is 3.00. The molecule has 1 atom stereocenters. The largest absolute Gasteiger partial charge is 0.336 e. The lowest BCUT2D eigenvalue weighted by Gasteiger charge is -2.19. The first-order valence-corrected chi connectivity index (χ1v) is 7.51. The molecule has 0 fully saturated rings. The Labute approximate surface area is 139 Å². The summed E-state index contributed by atoms with van der Waals surface area (Å²) in [6.45, 7) is 2.02. The highest BCUT2D eigenvalue weighted by molar-refractivity contribution is 5.88. The number of nitrogens with zero attached hydrogens (tertiary/aromatic N) is 4. The molecule has 1 unspecified atom stereocenters. The lowest BCUT2D eigenvalue weighted by Crippen LogP contribution is -2.34. The van der Waals surface area contributed by atoms with Crippen LogP contribution in [0.25, 0.3) is 0 Å². The molecular formula is C17H18N6O. The number of anilines is 1. The van der Waals surface area contributed by atoms with E-state index in [1.54, 1.807) is 12.4 Å². The van der Waals surface area contributed by atoms with Crippen molar-refractivity contribution in [3.63, 3.8) is 0 Å². The molecule has 7 nitrogen and oxygen atoms in total. The topological polar surface area (TPSA) is 84.7 Å². The van der Waals surface area contributed by atoms with Crippen molar-refractivity contribution in [2.24, 2.45) is 7.05 Å². The normalized spacial score (nSPS) is 11.8. The van der Waals surface area contributed by atoms with Crippen molar-refractivity contribution in [1.82, 2.24) is 24.8 Å². The van der Waals surface area contributed by atoms with Gasteiger partial charge in [0.1, 0.15) is 11.9 Å². The van der Waals surface area contributed by atoms with Crippen LogP contribution < -0.4 is 10.6 Å². The Morgan fingerprint density at radius 3 is 2.54 bits per heavy atom. The number of carbonyl (C=O) groups excluding carboxylic acids is 1. The Balaban J connectivity index is 1.84. The second-order valence-electron chi connectivity index (χ2n) is 5.43. The molecule has 0 saturated heterocycles. The number of hydrogen-bond donors (Lipinski definition) is 2. The number of carbonyl (C=O) groups is 1. The first-order chi connectivity index (χ1) is 11.6. The average molecular weight is 322 g/mol. The molecule has 0 aliphatic carbocycles. The van der Waals surface area contributed by atoms with Gasteiger partial charge in [0.05, 0.1) is 6.20 Å². The Morgan fingerprint density at radius 1 is 1.12 bits per heavy atom. The van der Waals surface area contributed by atoms with Gasteiger partial charge in [0.25, 0.3) is 0 Å². The summed E-state index contributed by atoms with van der Waals surface area (Å²) in [6, 6.07) is 7.24. The van der Waals surface area contributed by atoms with E-state index in [9.17, 15) is 4.79 Å². The molecule has 0 aliphatic heterocycles. The summed E-state index contributed by atoms with van der Waals surface area (Å²) in [5.74, 6) is 1.13. The van der Waals surface area contributed by atoms with Crippen LogP contribution >= 0.6 is 0 Å². The lowest BCUT2D eigenvalue weighted by atomic mass is 10.0. The van der Waals surface area contributed by atoms with Crippen LogP contribution in [0.4, 0.5) is 10.6 Å². The molecule has 2 heterocycles. The van der Waals surface area contributed by atoms with E-state index in [2.05, 4.69) is 25.6 Å². The van der Waals surface area contributed by atoms with Crippen molar-refractivity contribution in [2.75, 3.05) is 5.32 Å². The third-order valence-corrected chi connectivity index (χ3v) is 3.61. The van der Waals surface area contributed by atoms with Crippen LogP contribution in [0.15, 0.2) is 55.2 Å². The zero-order valence-corrected chi connectivity index (χ0v) is 13.5. The van der Waals surface area contributed by atoms with E-state index in [0.29, 0.717) is 5.82 Å². The molecule has 2 aromatic heterocycles. The fraction of sp³-hybridized carbons (Fsp3) is 0.176. The van der Waals surface area contributed by atoms with Crippen molar-refractivity contribution in [1.29, 1.82) is 0 Å². The monoisotopic (exact) mass is 322 g/mol.